The van der Waals surface area contributed by atoms with Crippen LogP contribution in [-0.2, 0) is 7.05 Å². The van der Waals surface area contributed by atoms with Gasteiger partial charge >= 0.3 is 0 Å². The molecule has 0 amide bonds. The van der Waals surface area contributed by atoms with Gasteiger partial charge in [0.2, 0.25) is 0 Å². The van der Waals surface area contributed by atoms with Crippen molar-refractivity contribution in [2.75, 3.05) is 0 Å². The van der Waals surface area contributed by atoms with Gasteiger partial charge < -0.3 is 0 Å². The monoisotopic (exact) mass is 176 g/mol. The van der Waals surface area contributed by atoms with E-state index in [-0.39, 0.29) is 0 Å². The Morgan fingerprint density at radius 3 is 2.62 bits per heavy atom. The number of hydrogen-bond acceptors (Lipinski definition) is 0. The largest absolute Gasteiger partial charge is 0.205 e. The molecule has 70 valence electrons. The quantitative estimate of drug-likeness (QED) is 0.579. The summed E-state index contributed by atoms with van der Waals surface area (Å²) >= 11 is 0. The minimum Gasteiger partial charge on any atom is -0.205 e. The van der Waals surface area contributed by atoms with Gasteiger partial charge in [-0.3, -0.25) is 0 Å². The van der Waals surface area contributed by atoms with Gasteiger partial charge in [-0.25, -0.2) is 4.57 Å². The Labute approximate surface area is 80.4 Å². The molecule has 1 aliphatic rings. The molecule has 1 fully saturated rings. The molecule has 0 spiro atoms. The average molecular weight is 176 g/mol. The summed E-state index contributed by atoms with van der Waals surface area (Å²) in [6.45, 7) is 2.18. The maximum absolute atomic E-state index is 2.34. The van der Waals surface area contributed by atoms with Crippen LogP contribution in [0.5, 0.6) is 0 Å². The molecule has 0 aliphatic heterocycles. The lowest BCUT2D eigenvalue weighted by Gasteiger charge is -2.08. The highest BCUT2D eigenvalue weighted by atomic mass is 14.9. The first-order valence-electron chi connectivity index (χ1n) is 5.23. The predicted molar refractivity (Wildman–Crippen MR) is 53.6 cm³/mol. The lowest BCUT2D eigenvalue weighted by atomic mass is 9.98. The highest BCUT2D eigenvalue weighted by Crippen LogP contribution is 2.33. The molecule has 0 bridgehead atoms. The molecule has 0 unspecified atom stereocenters. The summed E-state index contributed by atoms with van der Waals surface area (Å²) in [6, 6.07) is 4.62. The van der Waals surface area contributed by atoms with Crippen molar-refractivity contribution in [1.82, 2.24) is 0 Å². The van der Waals surface area contributed by atoms with Gasteiger partial charge in [-0.1, -0.05) is 12.8 Å². The van der Waals surface area contributed by atoms with Crippen molar-refractivity contribution in [3.63, 3.8) is 0 Å². The van der Waals surface area contributed by atoms with Crippen molar-refractivity contribution in [2.45, 2.75) is 38.5 Å². The second-order valence-corrected chi connectivity index (χ2v) is 4.19. The van der Waals surface area contributed by atoms with E-state index in [0.29, 0.717) is 0 Å². The van der Waals surface area contributed by atoms with Crippen molar-refractivity contribution < 1.29 is 4.57 Å². The number of pyridine rings is 1. The number of rotatable bonds is 1. The van der Waals surface area contributed by atoms with Crippen molar-refractivity contribution >= 4 is 0 Å². The van der Waals surface area contributed by atoms with Crippen LogP contribution in [0.15, 0.2) is 18.3 Å². The zero-order valence-electron chi connectivity index (χ0n) is 8.59. The Morgan fingerprint density at radius 1 is 1.31 bits per heavy atom. The van der Waals surface area contributed by atoms with E-state index in [1.54, 1.807) is 5.56 Å². The summed E-state index contributed by atoms with van der Waals surface area (Å²) in [6.07, 6.45) is 7.82. The molecule has 0 N–H and O–H groups in total. The van der Waals surface area contributed by atoms with Crippen molar-refractivity contribution in [3.8, 4) is 0 Å². The van der Waals surface area contributed by atoms with Crippen LogP contribution in [-0.4, -0.2) is 0 Å². The van der Waals surface area contributed by atoms with Crippen LogP contribution in [0.25, 0.3) is 0 Å². The van der Waals surface area contributed by atoms with E-state index in [0.717, 1.165) is 5.92 Å². The Kier molecular flexibility index (Phi) is 2.34. The molecule has 2 rings (SSSR count). The molecule has 0 saturated heterocycles. The van der Waals surface area contributed by atoms with Gasteiger partial charge in [-0.2, -0.15) is 0 Å². The molecule has 0 aromatic carbocycles. The van der Waals surface area contributed by atoms with E-state index < -0.39 is 0 Å². The highest BCUT2D eigenvalue weighted by Gasteiger charge is 2.18. The smallest absolute Gasteiger partial charge is 0.178 e. The lowest BCUT2D eigenvalue weighted by Crippen LogP contribution is -2.31. The third-order valence-corrected chi connectivity index (χ3v) is 3.25. The van der Waals surface area contributed by atoms with Gasteiger partial charge in [-0.15, -0.1) is 0 Å². The van der Waals surface area contributed by atoms with E-state index in [1.165, 1.54) is 31.4 Å². The molecular weight excluding hydrogens is 158 g/mol. The second kappa shape index (κ2) is 3.49. The summed E-state index contributed by atoms with van der Waals surface area (Å²) in [4.78, 5) is 0. The first kappa shape index (κ1) is 8.74. The fourth-order valence-corrected chi connectivity index (χ4v) is 2.22. The first-order valence-corrected chi connectivity index (χ1v) is 5.23. The zero-order chi connectivity index (χ0) is 9.26. The summed E-state index contributed by atoms with van der Waals surface area (Å²) in [7, 11) is 2.10. The molecular formula is C12H18N+. The van der Waals surface area contributed by atoms with E-state index in [2.05, 4.69) is 36.9 Å². The summed E-state index contributed by atoms with van der Waals surface area (Å²) in [5, 5.41) is 0. The minimum atomic E-state index is 0.847. The summed E-state index contributed by atoms with van der Waals surface area (Å²) < 4.78 is 2.18. The minimum absolute atomic E-state index is 0.847. The normalized spacial score (nSPS) is 18.0. The molecule has 1 heterocycles. The predicted octanol–water partition coefficient (Wildman–Crippen LogP) is 2.48. The van der Waals surface area contributed by atoms with Crippen LogP contribution in [0.1, 0.15) is 42.9 Å². The summed E-state index contributed by atoms with van der Waals surface area (Å²) in [5.41, 5.74) is 2.91. The first-order chi connectivity index (χ1) is 6.27. The number of nitrogens with zero attached hydrogens (tertiary/aromatic N) is 1. The maximum atomic E-state index is 2.34. The topological polar surface area (TPSA) is 3.88 Å². The molecule has 1 heteroatoms. The van der Waals surface area contributed by atoms with Gasteiger partial charge in [0.15, 0.2) is 11.9 Å². The van der Waals surface area contributed by atoms with Crippen LogP contribution >= 0.6 is 0 Å². The van der Waals surface area contributed by atoms with Crippen molar-refractivity contribution in [1.29, 1.82) is 0 Å². The third kappa shape index (κ3) is 1.74. The van der Waals surface area contributed by atoms with E-state index in [1.807, 2.05) is 0 Å². The molecule has 13 heavy (non-hydrogen) atoms. The fourth-order valence-electron chi connectivity index (χ4n) is 2.22. The van der Waals surface area contributed by atoms with Crippen LogP contribution in [0.4, 0.5) is 0 Å². The van der Waals surface area contributed by atoms with Crippen LogP contribution in [0.2, 0.25) is 0 Å². The number of aryl methyl sites for hydroxylation is 2. The Bertz CT molecular complexity index is 298. The molecule has 1 aromatic heterocycles. The van der Waals surface area contributed by atoms with Gasteiger partial charge in [0, 0.05) is 19.1 Å². The van der Waals surface area contributed by atoms with Gasteiger partial charge in [0.05, 0.1) is 0 Å². The lowest BCUT2D eigenvalue weighted by molar-refractivity contribution is -0.677. The van der Waals surface area contributed by atoms with Crippen LogP contribution in [0.3, 0.4) is 0 Å². The highest BCUT2D eigenvalue weighted by molar-refractivity contribution is 5.18. The SMILES string of the molecule is Cc1cc(C2CCCC2)cc[n+]1C. The van der Waals surface area contributed by atoms with E-state index in [4.69, 9.17) is 0 Å². The van der Waals surface area contributed by atoms with Gasteiger partial charge in [-0.05, 0) is 24.3 Å². The van der Waals surface area contributed by atoms with Gasteiger partial charge in [0.25, 0.3) is 0 Å². The second-order valence-electron chi connectivity index (χ2n) is 4.19. The number of aromatic nitrogens is 1. The molecule has 1 saturated carbocycles. The molecule has 1 aromatic rings. The standard InChI is InChI=1S/C12H18N/c1-10-9-12(7-8-13(10)2)11-5-3-4-6-11/h7-9,11H,3-6H2,1-2H3/q+1. The fraction of sp³-hybridized carbons (Fsp3) is 0.583. The summed E-state index contributed by atoms with van der Waals surface area (Å²) in [5.74, 6) is 0.847. The zero-order valence-corrected chi connectivity index (χ0v) is 8.59. The molecule has 0 radical (unpaired) electrons. The Morgan fingerprint density at radius 2 is 2.00 bits per heavy atom. The van der Waals surface area contributed by atoms with Crippen molar-refractivity contribution in [3.05, 3.63) is 29.6 Å². The van der Waals surface area contributed by atoms with Gasteiger partial charge in [0.1, 0.15) is 7.05 Å². The van der Waals surface area contributed by atoms with E-state index >= 15 is 0 Å². The molecule has 1 aliphatic carbocycles. The molecule has 0 atom stereocenters. The number of hydrogen-bond donors (Lipinski definition) is 0. The maximum Gasteiger partial charge on any atom is 0.178 e. The van der Waals surface area contributed by atoms with Crippen LogP contribution < -0.4 is 4.57 Å². The van der Waals surface area contributed by atoms with Crippen molar-refractivity contribution in [2.24, 2.45) is 7.05 Å². The average Bonchev–Trinajstić information content (AvgIpc) is 2.62. The molecule has 1 nitrogen and oxygen atoms in total. The van der Waals surface area contributed by atoms with E-state index in [9.17, 15) is 0 Å². The Hall–Kier alpha value is -0.850. The third-order valence-electron chi connectivity index (χ3n) is 3.25. The van der Waals surface area contributed by atoms with Crippen LogP contribution in [0, 0.1) is 6.92 Å². The Balaban J connectivity index is 2.25.